The number of primary amides is 1. The molecule has 1 amide bonds. The van der Waals surface area contributed by atoms with Gasteiger partial charge in [-0.15, -0.1) is 0 Å². The molecule has 1 unspecified atom stereocenters. The maximum atomic E-state index is 11.1. The largest absolute Gasteiger partial charge is 0.454 e. The Morgan fingerprint density at radius 2 is 2.12 bits per heavy atom. The number of fused-ring (bicyclic) bond motifs is 1. The second kappa shape index (κ2) is 4.25. The fourth-order valence-electron chi connectivity index (χ4n) is 1.62. The molecule has 0 radical (unpaired) electrons. The van der Waals surface area contributed by atoms with Crippen LogP contribution in [0.1, 0.15) is 18.9 Å². The van der Waals surface area contributed by atoms with Gasteiger partial charge in [-0.1, -0.05) is 6.07 Å². The second-order valence-corrected chi connectivity index (χ2v) is 4.47. The van der Waals surface area contributed by atoms with Gasteiger partial charge in [-0.2, -0.15) is 0 Å². The molecule has 0 aromatic heterocycles. The van der Waals surface area contributed by atoms with Crippen LogP contribution < -0.4 is 20.9 Å². The third-order valence-electron chi connectivity index (χ3n) is 2.93. The number of ether oxygens (including phenoxy) is 2. The zero-order valence-corrected chi connectivity index (χ0v) is 9.73. The zero-order chi connectivity index (χ0) is 12.5. The molecule has 4 N–H and O–H groups in total. The summed E-state index contributed by atoms with van der Waals surface area (Å²) in [6.45, 7) is 1.90. The van der Waals surface area contributed by atoms with Crippen molar-refractivity contribution in [3.05, 3.63) is 23.8 Å². The first kappa shape index (κ1) is 11.7. The van der Waals surface area contributed by atoms with Crippen molar-refractivity contribution in [3.8, 4) is 11.5 Å². The Morgan fingerprint density at radius 3 is 2.82 bits per heavy atom. The van der Waals surface area contributed by atoms with Crippen molar-refractivity contribution >= 4 is 5.91 Å². The fourth-order valence-corrected chi connectivity index (χ4v) is 1.62. The molecule has 2 rings (SSSR count). The van der Waals surface area contributed by atoms with Gasteiger partial charge in [0.1, 0.15) is 0 Å². The Hall–Kier alpha value is -1.75. The summed E-state index contributed by atoms with van der Waals surface area (Å²) in [6.07, 6.45) is 1.18. The van der Waals surface area contributed by atoms with Crippen molar-refractivity contribution < 1.29 is 14.3 Å². The number of carbonyl (C=O) groups excluding carboxylic acids is 1. The third-order valence-corrected chi connectivity index (χ3v) is 2.93. The lowest BCUT2D eigenvalue weighted by Gasteiger charge is -2.20. The lowest BCUT2D eigenvalue weighted by molar-refractivity contribution is -0.122. The molecule has 1 atom stereocenters. The molecule has 5 nitrogen and oxygen atoms in total. The summed E-state index contributed by atoms with van der Waals surface area (Å²) in [6, 6.07) is 5.69. The summed E-state index contributed by atoms with van der Waals surface area (Å²) >= 11 is 0. The third kappa shape index (κ3) is 2.50. The summed E-state index contributed by atoms with van der Waals surface area (Å²) in [5.74, 6) is 0.998. The number of aryl methyl sites for hydroxylation is 1. The molecular weight excluding hydrogens is 220 g/mol. The van der Waals surface area contributed by atoms with Crippen molar-refractivity contribution in [2.24, 2.45) is 11.5 Å². The minimum atomic E-state index is -0.976. The second-order valence-electron chi connectivity index (χ2n) is 4.47. The lowest BCUT2D eigenvalue weighted by Crippen LogP contribution is -2.49. The van der Waals surface area contributed by atoms with Gasteiger partial charge >= 0.3 is 0 Å². The van der Waals surface area contributed by atoms with E-state index in [1.54, 1.807) is 6.92 Å². The van der Waals surface area contributed by atoms with Crippen molar-refractivity contribution in [1.29, 1.82) is 0 Å². The average Bonchev–Trinajstić information content (AvgIpc) is 2.73. The average molecular weight is 236 g/mol. The van der Waals surface area contributed by atoms with Gasteiger partial charge in [0.15, 0.2) is 11.5 Å². The molecule has 0 spiro atoms. The van der Waals surface area contributed by atoms with Gasteiger partial charge < -0.3 is 20.9 Å². The lowest BCUT2D eigenvalue weighted by atomic mass is 9.93. The molecule has 1 heterocycles. The van der Waals surface area contributed by atoms with Gasteiger partial charge in [0.2, 0.25) is 12.7 Å². The quantitative estimate of drug-likeness (QED) is 0.799. The predicted octanol–water partition coefficient (Wildman–Crippen LogP) is 0.551. The minimum Gasteiger partial charge on any atom is -0.454 e. The highest BCUT2D eigenvalue weighted by Crippen LogP contribution is 2.33. The van der Waals surface area contributed by atoms with E-state index in [2.05, 4.69) is 0 Å². The molecule has 0 fully saturated rings. The molecule has 0 saturated carbocycles. The van der Waals surface area contributed by atoms with E-state index >= 15 is 0 Å². The minimum absolute atomic E-state index is 0.259. The molecule has 5 heteroatoms. The Kier molecular flexibility index (Phi) is 2.93. The number of benzene rings is 1. The van der Waals surface area contributed by atoms with Crippen LogP contribution in [0.2, 0.25) is 0 Å². The molecule has 1 aromatic carbocycles. The van der Waals surface area contributed by atoms with E-state index < -0.39 is 11.4 Å². The van der Waals surface area contributed by atoms with Crippen LogP contribution in [-0.4, -0.2) is 18.2 Å². The van der Waals surface area contributed by atoms with Crippen molar-refractivity contribution in [2.45, 2.75) is 25.3 Å². The number of amides is 1. The predicted molar refractivity (Wildman–Crippen MR) is 62.7 cm³/mol. The molecule has 1 aliphatic heterocycles. The summed E-state index contributed by atoms with van der Waals surface area (Å²) < 4.78 is 10.5. The van der Waals surface area contributed by atoms with Gasteiger partial charge in [0.25, 0.3) is 0 Å². The van der Waals surface area contributed by atoms with E-state index in [4.69, 9.17) is 20.9 Å². The Labute approximate surface area is 99.7 Å². The van der Waals surface area contributed by atoms with Gasteiger partial charge in [-0.3, -0.25) is 4.79 Å². The highest BCUT2D eigenvalue weighted by Gasteiger charge is 2.25. The Morgan fingerprint density at radius 1 is 1.41 bits per heavy atom. The summed E-state index contributed by atoms with van der Waals surface area (Å²) in [7, 11) is 0. The van der Waals surface area contributed by atoms with E-state index in [9.17, 15) is 4.79 Å². The van der Waals surface area contributed by atoms with Gasteiger partial charge in [-0.25, -0.2) is 0 Å². The first-order valence-electron chi connectivity index (χ1n) is 5.46. The molecule has 0 aliphatic carbocycles. The fraction of sp³-hybridized carbons (Fsp3) is 0.417. The van der Waals surface area contributed by atoms with Crippen LogP contribution in [-0.2, 0) is 11.2 Å². The Bertz CT molecular complexity index is 443. The standard InChI is InChI=1S/C12H16N2O3/c1-12(14,11(13)15)5-4-8-2-3-9-10(6-8)17-7-16-9/h2-3,6H,4-5,7,14H2,1H3,(H2,13,15). The van der Waals surface area contributed by atoms with Crippen LogP contribution in [0.15, 0.2) is 18.2 Å². The van der Waals surface area contributed by atoms with Crippen LogP contribution in [0.4, 0.5) is 0 Å². The number of rotatable bonds is 4. The van der Waals surface area contributed by atoms with Crippen LogP contribution in [0.3, 0.4) is 0 Å². The first-order chi connectivity index (χ1) is 7.99. The highest BCUT2D eigenvalue weighted by atomic mass is 16.7. The van der Waals surface area contributed by atoms with Gasteiger partial charge in [-0.05, 0) is 37.5 Å². The summed E-state index contributed by atoms with van der Waals surface area (Å²) in [4.78, 5) is 11.1. The van der Waals surface area contributed by atoms with E-state index in [0.29, 0.717) is 12.8 Å². The van der Waals surface area contributed by atoms with Gasteiger partial charge in [0.05, 0.1) is 5.54 Å². The smallest absolute Gasteiger partial charge is 0.237 e. The van der Waals surface area contributed by atoms with Crippen molar-refractivity contribution in [1.82, 2.24) is 0 Å². The van der Waals surface area contributed by atoms with E-state index in [1.807, 2.05) is 18.2 Å². The molecule has 0 saturated heterocycles. The number of carbonyl (C=O) groups is 1. The molecule has 0 bridgehead atoms. The van der Waals surface area contributed by atoms with E-state index in [-0.39, 0.29) is 6.79 Å². The van der Waals surface area contributed by atoms with E-state index in [1.165, 1.54) is 0 Å². The zero-order valence-electron chi connectivity index (χ0n) is 9.73. The molecule has 1 aromatic rings. The first-order valence-corrected chi connectivity index (χ1v) is 5.46. The molecular formula is C12H16N2O3. The number of nitrogens with two attached hydrogens (primary N) is 2. The number of hydrogen-bond acceptors (Lipinski definition) is 4. The van der Waals surface area contributed by atoms with Crippen molar-refractivity contribution in [3.63, 3.8) is 0 Å². The topological polar surface area (TPSA) is 87.6 Å². The molecule has 17 heavy (non-hydrogen) atoms. The molecule has 1 aliphatic rings. The van der Waals surface area contributed by atoms with Crippen LogP contribution in [0.25, 0.3) is 0 Å². The van der Waals surface area contributed by atoms with Crippen LogP contribution >= 0.6 is 0 Å². The van der Waals surface area contributed by atoms with Crippen LogP contribution in [0.5, 0.6) is 11.5 Å². The van der Waals surface area contributed by atoms with Crippen molar-refractivity contribution in [2.75, 3.05) is 6.79 Å². The Balaban J connectivity index is 2.03. The van der Waals surface area contributed by atoms with Gasteiger partial charge in [0, 0.05) is 0 Å². The van der Waals surface area contributed by atoms with Crippen LogP contribution in [0, 0.1) is 0 Å². The monoisotopic (exact) mass is 236 g/mol. The maximum absolute atomic E-state index is 11.1. The summed E-state index contributed by atoms with van der Waals surface area (Å²) in [5, 5.41) is 0. The normalized spacial score (nSPS) is 16.6. The van der Waals surface area contributed by atoms with E-state index in [0.717, 1.165) is 17.1 Å². The maximum Gasteiger partial charge on any atom is 0.237 e. The number of hydrogen-bond donors (Lipinski definition) is 2. The SMILES string of the molecule is CC(N)(CCc1ccc2c(c1)OCO2)C(N)=O. The highest BCUT2D eigenvalue weighted by molar-refractivity contribution is 5.83. The molecule has 92 valence electrons. The summed E-state index contributed by atoms with van der Waals surface area (Å²) in [5.41, 5.74) is 11.1.